The van der Waals surface area contributed by atoms with Gasteiger partial charge in [-0.1, -0.05) is 6.07 Å². The van der Waals surface area contributed by atoms with E-state index in [1.54, 1.807) is 18.3 Å². The number of carbonyl (C=O) groups excluding carboxylic acids is 1. The molecule has 1 atom stereocenters. The first-order chi connectivity index (χ1) is 8.59. The predicted molar refractivity (Wildman–Crippen MR) is 72.1 cm³/mol. The Morgan fingerprint density at radius 1 is 1.56 bits per heavy atom. The van der Waals surface area contributed by atoms with Gasteiger partial charge >= 0.3 is 0 Å². The van der Waals surface area contributed by atoms with Gasteiger partial charge in [0.05, 0.1) is 16.1 Å². The van der Waals surface area contributed by atoms with Gasteiger partial charge in [0.15, 0.2) is 0 Å². The molecule has 1 N–H and O–H groups in total. The lowest BCUT2D eigenvalue weighted by molar-refractivity contribution is 0.0935. The molecule has 18 heavy (non-hydrogen) atoms. The van der Waals surface area contributed by atoms with Crippen LogP contribution in [0.4, 0.5) is 4.39 Å². The van der Waals surface area contributed by atoms with Crippen molar-refractivity contribution in [1.82, 2.24) is 10.3 Å². The van der Waals surface area contributed by atoms with Crippen LogP contribution in [0.3, 0.4) is 0 Å². The Morgan fingerprint density at radius 3 is 3.00 bits per heavy atom. The molecule has 0 saturated heterocycles. The second kappa shape index (κ2) is 5.58. The van der Waals surface area contributed by atoms with Gasteiger partial charge in [0.2, 0.25) is 0 Å². The second-order valence-electron chi connectivity index (χ2n) is 3.67. The van der Waals surface area contributed by atoms with E-state index < -0.39 is 11.7 Å². The lowest BCUT2D eigenvalue weighted by Crippen LogP contribution is -2.27. The third-order valence-corrected chi connectivity index (χ3v) is 3.94. The molecule has 3 nitrogen and oxygen atoms in total. The minimum atomic E-state index is -0.554. The fraction of sp³-hybridized carbons (Fsp3) is 0.167. The van der Waals surface area contributed by atoms with Crippen LogP contribution in [-0.2, 0) is 0 Å². The Labute approximate surface area is 116 Å². The molecule has 0 aliphatic carbocycles. The molecule has 0 aliphatic heterocycles. The number of aromatic nitrogens is 1. The van der Waals surface area contributed by atoms with Gasteiger partial charge < -0.3 is 5.32 Å². The maximum atomic E-state index is 13.7. The monoisotopic (exact) mass is 328 g/mol. The van der Waals surface area contributed by atoms with Crippen LogP contribution in [0.5, 0.6) is 0 Å². The number of halogens is 2. The van der Waals surface area contributed by atoms with Gasteiger partial charge in [0.1, 0.15) is 10.8 Å². The van der Waals surface area contributed by atoms with E-state index in [4.69, 9.17) is 0 Å². The Bertz CT molecular complexity index is 559. The smallest absolute Gasteiger partial charge is 0.254 e. The topological polar surface area (TPSA) is 42.0 Å². The van der Waals surface area contributed by atoms with Crippen LogP contribution in [0.15, 0.2) is 34.2 Å². The molecule has 1 amide bonds. The number of nitrogens with zero attached hydrogens (tertiary/aromatic N) is 1. The van der Waals surface area contributed by atoms with E-state index in [2.05, 4.69) is 26.2 Å². The molecule has 0 radical (unpaired) electrons. The number of hydrogen-bond acceptors (Lipinski definition) is 3. The first-order valence-corrected chi connectivity index (χ1v) is 6.91. The summed E-state index contributed by atoms with van der Waals surface area (Å²) < 4.78 is 14.0. The third kappa shape index (κ3) is 2.76. The van der Waals surface area contributed by atoms with Crippen molar-refractivity contribution in [2.75, 3.05) is 0 Å². The summed E-state index contributed by atoms with van der Waals surface area (Å²) in [6, 6.07) is 4.38. The summed E-state index contributed by atoms with van der Waals surface area (Å²) in [6.45, 7) is 1.81. The largest absolute Gasteiger partial charge is 0.343 e. The average molecular weight is 329 g/mol. The van der Waals surface area contributed by atoms with Crippen molar-refractivity contribution < 1.29 is 9.18 Å². The van der Waals surface area contributed by atoms with Crippen molar-refractivity contribution >= 4 is 33.2 Å². The highest BCUT2D eigenvalue weighted by molar-refractivity contribution is 9.10. The summed E-state index contributed by atoms with van der Waals surface area (Å²) in [5.74, 6) is -1.00. The Morgan fingerprint density at radius 2 is 2.33 bits per heavy atom. The van der Waals surface area contributed by atoms with Crippen LogP contribution in [0.25, 0.3) is 0 Å². The molecule has 0 fully saturated rings. The van der Waals surface area contributed by atoms with E-state index >= 15 is 0 Å². The van der Waals surface area contributed by atoms with Gasteiger partial charge in [-0.15, -0.1) is 11.3 Å². The number of thiazole rings is 1. The molecular weight excluding hydrogens is 319 g/mol. The zero-order valence-electron chi connectivity index (χ0n) is 9.48. The quantitative estimate of drug-likeness (QED) is 0.936. The van der Waals surface area contributed by atoms with Crippen LogP contribution in [-0.4, -0.2) is 10.9 Å². The molecule has 0 spiro atoms. The molecule has 0 bridgehead atoms. The van der Waals surface area contributed by atoms with Gasteiger partial charge in [-0.2, -0.15) is 0 Å². The van der Waals surface area contributed by atoms with Crippen molar-refractivity contribution in [3.63, 3.8) is 0 Å². The lowest BCUT2D eigenvalue weighted by atomic mass is 10.2. The van der Waals surface area contributed by atoms with E-state index in [1.165, 1.54) is 17.4 Å². The number of carbonyl (C=O) groups is 1. The van der Waals surface area contributed by atoms with Crippen LogP contribution in [0, 0.1) is 5.82 Å². The summed E-state index contributed by atoms with van der Waals surface area (Å²) in [5, 5.41) is 5.34. The first-order valence-electron chi connectivity index (χ1n) is 5.24. The molecule has 6 heteroatoms. The van der Waals surface area contributed by atoms with Gasteiger partial charge in [-0.05, 0) is 35.0 Å². The normalized spacial score (nSPS) is 12.2. The highest BCUT2D eigenvalue weighted by atomic mass is 79.9. The average Bonchev–Trinajstić information content (AvgIpc) is 2.86. The molecular formula is C12H10BrFN2OS. The van der Waals surface area contributed by atoms with Crippen LogP contribution in [0.1, 0.15) is 28.3 Å². The number of benzene rings is 1. The Balaban J connectivity index is 2.15. The zero-order valence-corrected chi connectivity index (χ0v) is 11.9. The summed E-state index contributed by atoms with van der Waals surface area (Å²) in [5.41, 5.74) is 0.0211. The van der Waals surface area contributed by atoms with Crippen LogP contribution in [0.2, 0.25) is 0 Å². The summed E-state index contributed by atoms with van der Waals surface area (Å²) in [6.07, 6.45) is 1.67. The highest BCUT2D eigenvalue weighted by Crippen LogP contribution is 2.20. The molecule has 0 saturated carbocycles. The zero-order chi connectivity index (χ0) is 13.1. The lowest BCUT2D eigenvalue weighted by Gasteiger charge is -2.12. The van der Waals surface area contributed by atoms with Gasteiger partial charge in [0.25, 0.3) is 5.91 Å². The SMILES string of the molecule is CC(NC(=O)c1cccc(Br)c1F)c1nccs1. The van der Waals surface area contributed by atoms with Crippen molar-refractivity contribution in [3.8, 4) is 0 Å². The fourth-order valence-corrected chi connectivity index (χ4v) is 2.48. The molecule has 0 aliphatic rings. The van der Waals surface area contributed by atoms with Crippen molar-refractivity contribution in [3.05, 3.63) is 50.6 Å². The second-order valence-corrected chi connectivity index (χ2v) is 5.45. The van der Waals surface area contributed by atoms with Gasteiger partial charge in [0, 0.05) is 11.6 Å². The molecule has 2 rings (SSSR count). The van der Waals surface area contributed by atoms with Gasteiger partial charge in [-0.25, -0.2) is 9.37 Å². The van der Waals surface area contributed by atoms with E-state index in [-0.39, 0.29) is 16.1 Å². The third-order valence-electron chi connectivity index (χ3n) is 2.37. The molecule has 1 unspecified atom stereocenters. The maximum Gasteiger partial charge on any atom is 0.254 e. The maximum absolute atomic E-state index is 13.7. The number of amides is 1. The minimum absolute atomic E-state index is 0.0211. The molecule has 1 aromatic carbocycles. The van der Waals surface area contributed by atoms with Gasteiger partial charge in [-0.3, -0.25) is 4.79 Å². The van der Waals surface area contributed by atoms with E-state index in [1.807, 2.05) is 12.3 Å². The number of rotatable bonds is 3. The first kappa shape index (κ1) is 13.2. The Hall–Kier alpha value is -1.27. The molecule has 1 aromatic heterocycles. The fourth-order valence-electron chi connectivity index (χ4n) is 1.46. The van der Waals surface area contributed by atoms with E-state index in [9.17, 15) is 9.18 Å². The van der Waals surface area contributed by atoms with Crippen LogP contribution >= 0.6 is 27.3 Å². The molecule has 94 valence electrons. The molecule has 1 heterocycles. The summed E-state index contributed by atoms with van der Waals surface area (Å²) >= 11 is 4.50. The minimum Gasteiger partial charge on any atom is -0.343 e. The number of hydrogen-bond donors (Lipinski definition) is 1. The summed E-state index contributed by atoms with van der Waals surface area (Å²) in [7, 11) is 0. The number of nitrogens with one attached hydrogen (secondary N) is 1. The Kier molecular flexibility index (Phi) is 4.08. The van der Waals surface area contributed by atoms with Crippen molar-refractivity contribution in [2.24, 2.45) is 0 Å². The standard InChI is InChI=1S/C12H10BrFN2OS/c1-7(12-15-5-6-18-12)16-11(17)8-3-2-4-9(13)10(8)14/h2-7H,1H3,(H,16,17). The summed E-state index contributed by atoms with van der Waals surface area (Å²) in [4.78, 5) is 16.0. The van der Waals surface area contributed by atoms with Crippen molar-refractivity contribution in [1.29, 1.82) is 0 Å². The predicted octanol–water partition coefficient (Wildman–Crippen LogP) is 3.54. The highest BCUT2D eigenvalue weighted by Gasteiger charge is 2.17. The van der Waals surface area contributed by atoms with E-state index in [0.29, 0.717) is 0 Å². The molecule has 2 aromatic rings. The van der Waals surface area contributed by atoms with E-state index in [0.717, 1.165) is 5.01 Å². The van der Waals surface area contributed by atoms with Crippen LogP contribution < -0.4 is 5.32 Å². The van der Waals surface area contributed by atoms with Crippen molar-refractivity contribution in [2.45, 2.75) is 13.0 Å².